The zero-order chi connectivity index (χ0) is 19.9. The van der Waals surface area contributed by atoms with Crippen LogP contribution in [0.4, 0.5) is 0 Å². The lowest BCUT2D eigenvalue weighted by molar-refractivity contribution is -0.134. The van der Waals surface area contributed by atoms with Gasteiger partial charge in [-0.1, -0.05) is 6.07 Å². The highest BCUT2D eigenvalue weighted by atomic mass is 32.2. The van der Waals surface area contributed by atoms with E-state index in [-0.39, 0.29) is 42.3 Å². The first-order valence-corrected chi connectivity index (χ1v) is 10.1. The summed E-state index contributed by atoms with van der Waals surface area (Å²) < 4.78 is 27.0. The largest absolute Gasteiger partial charge is 0.352 e. The standard InChI is InChI=1S/C18H29N3O4S/c1-13(2)20-17(22)12-21(5)18(23)7-6-10-19-26(24,25)16-9-8-14(3)15(4)11-16/h8-9,11,13,19H,6-7,10,12H2,1-5H3,(H,20,22). The van der Waals surface area contributed by atoms with Crippen LogP contribution in [0.1, 0.15) is 37.8 Å². The van der Waals surface area contributed by atoms with Crippen molar-refractivity contribution >= 4 is 21.8 Å². The van der Waals surface area contributed by atoms with Gasteiger partial charge in [-0.15, -0.1) is 0 Å². The second-order valence-electron chi connectivity index (χ2n) is 6.72. The summed E-state index contributed by atoms with van der Waals surface area (Å²) in [5, 5.41) is 2.72. The van der Waals surface area contributed by atoms with Crippen LogP contribution >= 0.6 is 0 Å². The van der Waals surface area contributed by atoms with Crippen LogP contribution < -0.4 is 10.0 Å². The molecule has 0 saturated heterocycles. The molecule has 1 aromatic rings. The molecule has 146 valence electrons. The van der Waals surface area contributed by atoms with Crippen LogP contribution in [0.5, 0.6) is 0 Å². The Morgan fingerprint density at radius 1 is 1.15 bits per heavy atom. The van der Waals surface area contributed by atoms with Crippen molar-refractivity contribution in [3.05, 3.63) is 29.3 Å². The Balaban J connectivity index is 2.44. The van der Waals surface area contributed by atoms with Gasteiger partial charge in [-0.25, -0.2) is 13.1 Å². The first-order chi connectivity index (χ1) is 12.0. The lowest BCUT2D eigenvalue weighted by Crippen LogP contribution is -2.41. The molecular weight excluding hydrogens is 354 g/mol. The molecule has 1 rings (SSSR count). The molecule has 0 radical (unpaired) electrons. The summed E-state index contributed by atoms with van der Waals surface area (Å²) in [7, 11) is -2.03. The van der Waals surface area contributed by atoms with Gasteiger partial charge in [0.2, 0.25) is 21.8 Å². The smallest absolute Gasteiger partial charge is 0.240 e. The van der Waals surface area contributed by atoms with Gasteiger partial charge in [-0.3, -0.25) is 9.59 Å². The van der Waals surface area contributed by atoms with E-state index in [2.05, 4.69) is 10.0 Å². The van der Waals surface area contributed by atoms with E-state index < -0.39 is 10.0 Å². The Morgan fingerprint density at radius 2 is 1.81 bits per heavy atom. The molecule has 0 heterocycles. The summed E-state index contributed by atoms with van der Waals surface area (Å²) in [6.45, 7) is 7.63. The predicted molar refractivity (Wildman–Crippen MR) is 101 cm³/mol. The molecule has 0 saturated carbocycles. The molecule has 2 N–H and O–H groups in total. The number of carbonyl (C=O) groups excluding carboxylic acids is 2. The fourth-order valence-corrected chi connectivity index (χ4v) is 3.43. The number of nitrogens with zero attached hydrogens (tertiary/aromatic N) is 1. The van der Waals surface area contributed by atoms with Crippen molar-refractivity contribution in [2.75, 3.05) is 20.1 Å². The molecule has 8 heteroatoms. The van der Waals surface area contributed by atoms with E-state index >= 15 is 0 Å². The van der Waals surface area contributed by atoms with E-state index in [4.69, 9.17) is 0 Å². The quantitative estimate of drug-likeness (QED) is 0.629. The maximum Gasteiger partial charge on any atom is 0.240 e. The van der Waals surface area contributed by atoms with E-state index in [9.17, 15) is 18.0 Å². The van der Waals surface area contributed by atoms with Crippen molar-refractivity contribution in [2.24, 2.45) is 0 Å². The summed E-state index contributed by atoms with van der Waals surface area (Å²) in [5.41, 5.74) is 1.93. The molecule has 0 bridgehead atoms. The molecule has 1 aromatic carbocycles. The highest BCUT2D eigenvalue weighted by Gasteiger charge is 2.16. The number of hydrogen-bond acceptors (Lipinski definition) is 4. The normalized spacial score (nSPS) is 11.5. The van der Waals surface area contributed by atoms with E-state index in [0.29, 0.717) is 6.42 Å². The zero-order valence-electron chi connectivity index (χ0n) is 16.1. The second kappa shape index (κ2) is 9.68. The zero-order valence-corrected chi connectivity index (χ0v) is 16.9. The molecule has 0 aliphatic carbocycles. The number of sulfonamides is 1. The third-order valence-electron chi connectivity index (χ3n) is 3.90. The Kier molecular flexibility index (Phi) is 8.23. The number of amides is 2. The van der Waals surface area contributed by atoms with Crippen LogP contribution in [-0.4, -0.2) is 51.3 Å². The van der Waals surface area contributed by atoms with Gasteiger partial charge in [0.05, 0.1) is 11.4 Å². The molecule has 2 amide bonds. The van der Waals surface area contributed by atoms with Gasteiger partial charge in [0, 0.05) is 26.1 Å². The lowest BCUT2D eigenvalue weighted by atomic mass is 10.1. The SMILES string of the molecule is Cc1ccc(S(=O)(=O)NCCCC(=O)N(C)CC(=O)NC(C)C)cc1C. The van der Waals surface area contributed by atoms with Crippen molar-refractivity contribution in [2.45, 2.75) is 51.5 Å². The number of rotatable bonds is 9. The lowest BCUT2D eigenvalue weighted by Gasteiger charge is -2.18. The summed E-state index contributed by atoms with van der Waals surface area (Å²) in [6.07, 6.45) is 0.528. The number of likely N-dealkylation sites (N-methyl/N-ethyl adjacent to an activating group) is 1. The van der Waals surface area contributed by atoms with E-state index in [0.717, 1.165) is 11.1 Å². The monoisotopic (exact) mass is 383 g/mol. The van der Waals surface area contributed by atoms with Crippen molar-refractivity contribution in [1.82, 2.24) is 14.9 Å². The van der Waals surface area contributed by atoms with E-state index in [1.54, 1.807) is 25.2 Å². The molecule has 0 aliphatic rings. The summed E-state index contributed by atoms with van der Waals surface area (Å²) >= 11 is 0. The molecule has 0 unspecified atom stereocenters. The van der Waals surface area contributed by atoms with Crippen LogP contribution in [0.2, 0.25) is 0 Å². The van der Waals surface area contributed by atoms with Crippen molar-refractivity contribution in [3.8, 4) is 0 Å². The topological polar surface area (TPSA) is 95.6 Å². The molecule has 0 aliphatic heterocycles. The summed E-state index contributed by atoms with van der Waals surface area (Å²) in [5.74, 6) is -0.416. The highest BCUT2D eigenvalue weighted by molar-refractivity contribution is 7.89. The number of aryl methyl sites for hydroxylation is 2. The third kappa shape index (κ3) is 7.13. The average Bonchev–Trinajstić information content (AvgIpc) is 2.52. The van der Waals surface area contributed by atoms with Gasteiger partial charge in [-0.05, 0) is 57.4 Å². The van der Waals surface area contributed by atoms with Crippen molar-refractivity contribution in [3.63, 3.8) is 0 Å². The Hall–Kier alpha value is -1.93. The number of hydrogen-bond donors (Lipinski definition) is 2. The molecular formula is C18H29N3O4S. The second-order valence-corrected chi connectivity index (χ2v) is 8.49. The maximum absolute atomic E-state index is 12.3. The first kappa shape index (κ1) is 22.1. The minimum atomic E-state index is -3.59. The molecule has 0 spiro atoms. The summed E-state index contributed by atoms with van der Waals surface area (Å²) in [6, 6.07) is 4.98. The van der Waals surface area contributed by atoms with Crippen molar-refractivity contribution < 1.29 is 18.0 Å². The van der Waals surface area contributed by atoms with Gasteiger partial charge in [0.15, 0.2) is 0 Å². The predicted octanol–water partition coefficient (Wildman–Crippen LogP) is 1.34. The molecule has 0 fully saturated rings. The average molecular weight is 384 g/mol. The first-order valence-electron chi connectivity index (χ1n) is 8.63. The molecule has 7 nitrogen and oxygen atoms in total. The minimum Gasteiger partial charge on any atom is -0.352 e. The van der Waals surface area contributed by atoms with Gasteiger partial charge in [0.1, 0.15) is 0 Å². The number of nitrogens with one attached hydrogen (secondary N) is 2. The summed E-state index contributed by atoms with van der Waals surface area (Å²) in [4.78, 5) is 25.2. The van der Waals surface area contributed by atoms with Crippen LogP contribution in [-0.2, 0) is 19.6 Å². The van der Waals surface area contributed by atoms with Gasteiger partial charge in [0.25, 0.3) is 0 Å². The van der Waals surface area contributed by atoms with Gasteiger partial charge in [-0.2, -0.15) is 0 Å². The van der Waals surface area contributed by atoms with Crippen LogP contribution in [0.3, 0.4) is 0 Å². The van der Waals surface area contributed by atoms with E-state index in [1.807, 2.05) is 27.7 Å². The number of benzene rings is 1. The third-order valence-corrected chi connectivity index (χ3v) is 5.36. The minimum absolute atomic E-state index is 0.00855. The molecule has 26 heavy (non-hydrogen) atoms. The van der Waals surface area contributed by atoms with Crippen LogP contribution in [0.15, 0.2) is 23.1 Å². The Labute approximate surface area is 156 Å². The highest BCUT2D eigenvalue weighted by Crippen LogP contribution is 2.14. The fraction of sp³-hybridized carbons (Fsp3) is 0.556. The van der Waals surface area contributed by atoms with Crippen molar-refractivity contribution in [1.29, 1.82) is 0 Å². The molecule has 0 atom stereocenters. The fourth-order valence-electron chi connectivity index (χ4n) is 2.27. The van der Waals surface area contributed by atoms with E-state index in [1.165, 1.54) is 4.90 Å². The molecule has 0 aromatic heterocycles. The van der Waals surface area contributed by atoms with Crippen LogP contribution in [0, 0.1) is 13.8 Å². The Morgan fingerprint density at radius 3 is 2.38 bits per heavy atom. The van der Waals surface area contributed by atoms with Crippen LogP contribution in [0.25, 0.3) is 0 Å². The van der Waals surface area contributed by atoms with Gasteiger partial charge < -0.3 is 10.2 Å². The van der Waals surface area contributed by atoms with Gasteiger partial charge >= 0.3 is 0 Å². The maximum atomic E-state index is 12.3. The Bertz CT molecular complexity index is 745. The number of carbonyl (C=O) groups is 2.